The van der Waals surface area contributed by atoms with Gasteiger partial charge in [0.25, 0.3) is 0 Å². The monoisotopic (exact) mass is 302 g/mol. The predicted molar refractivity (Wildman–Crippen MR) is 89.3 cm³/mol. The maximum absolute atomic E-state index is 5.83. The standard InChI is InChI=1S/C17H26N4O/c1-17(2,12-18)13-20(3)11-14-9-10-19-21(14)15-7-5-6-8-16(15)22-4/h5-10H,11-13,18H2,1-4H3. The predicted octanol–water partition coefficient (Wildman–Crippen LogP) is 2.30. The molecule has 2 aromatic rings. The minimum atomic E-state index is 0.101. The number of hydrogen-bond acceptors (Lipinski definition) is 4. The Morgan fingerprint density at radius 3 is 2.68 bits per heavy atom. The van der Waals surface area contributed by atoms with Gasteiger partial charge in [-0.2, -0.15) is 5.10 Å². The Labute approximate surface area is 132 Å². The largest absolute Gasteiger partial charge is 0.494 e. The smallest absolute Gasteiger partial charge is 0.144 e. The van der Waals surface area contributed by atoms with Crippen LogP contribution in [-0.4, -0.2) is 41.9 Å². The number of ether oxygens (including phenoxy) is 1. The molecule has 0 unspecified atom stereocenters. The molecule has 0 aliphatic rings. The quantitative estimate of drug-likeness (QED) is 0.852. The van der Waals surface area contributed by atoms with Crippen LogP contribution in [-0.2, 0) is 6.54 Å². The van der Waals surface area contributed by atoms with Crippen LogP contribution in [0.3, 0.4) is 0 Å². The molecule has 5 heteroatoms. The van der Waals surface area contributed by atoms with Crippen LogP contribution in [0.5, 0.6) is 5.75 Å². The average molecular weight is 302 g/mol. The van der Waals surface area contributed by atoms with E-state index in [2.05, 4.69) is 30.9 Å². The summed E-state index contributed by atoms with van der Waals surface area (Å²) in [7, 11) is 3.79. The van der Waals surface area contributed by atoms with Gasteiger partial charge in [0.05, 0.1) is 12.8 Å². The highest BCUT2D eigenvalue weighted by atomic mass is 16.5. The van der Waals surface area contributed by atoms with Gasteiger partial charge in [0.15, 0.2) is 0 Å². The summed E-state index contributed by atoms with van der Waals surface area (Å²) in [5.41, 5.74) is 8.01. The molecule has 0 spiro atoms. The van der Waals surface area contributed by atoms with E-state index in [0.717, 1.165) is 30.2 Å². The topological polar surface area (TPSA) is 56.3 Å². The van der Waals surface area contributed by atoms with Crippen molar-refractivity contribution in [2.45, 2.75) is 20.4 Å². The molecular weight excluding hydrogens is 276 g/mol. The molecule has 0 radical (unpaired) electrons. The lowest BCUT2D eigenvalue weighted by Gasteiger charge is -2.29. The number of nitrogens with two attached hydrogens (primary N) is 1. The lowest BCUT2D eigenvalue weighted by Crippen LogP contribution is -2.36. The minimum Gasteiger partial charge on any atom is -0.494 e. The second-order valence-electron chi connectivity index (χ2n) is 6.45. The van der Waals surface area contributed by atoms with Crippen LogP contribution in [0.15, 0.2) is 36.5 Å². The summed E-state index contributed by atoms with van der Waals surface area (Å²) >= 11 is 0. The Hall–Kier alpha value is -1.85. The van der Waals surface area contributed by atoms with E-state index in [0.29, 0.717) is 6.54 Å². The second kappa shape index (κ2) is 6.94. The van der Waals surface area contributed by atoms with Crippen molar-refractivity contribution in [1.82, 2.24) is 14.7 Å². The number of benzene rings is 1. The maximum atomic E-state index is 5.83. The Morgan fingerprint density at radius 1 is 1.27 bits per heavy atom. The Kier molecular flexibility index (Phi) is 5.21. The SMILES string of the molecule is COc1ccccc1-n1nccc1CN(C)CC(C)(C)CN. The maximum Gasteiger partial charge on any atom is 0.144 e. The first kappa shape index (κ1) is 16.5. The summed E-state index contributed by atoms with van der Waals surface area (Å²) in [6.45, 7) is 6.77. The fraction of sp³-hybridized carbons (Fsp3) is 0.471. The molecule has 0 bridgehead atoms. The van der Waals surface area contributed by atoms with Crippen LogP contribution in [0.2, 0.25) is 0 Å². The summed E-state index contributed by atoms with van der Waals surface area (Å²) in [5, 5.41) is 4.45. The van der Waals surface area contributed by atoms with Crippen LogP contribution in [0, 0.1) is 5.41 Å². The van der Waals surface area contributed by atoms with Gasteiger partial charge in [0, 0.05) is 19.3 Å². The fourth-order valence-electron chi connectivity index (χ4n) is 2.60. The van der Waals surface area contributed by atoms with E-state index in [1.54, 1.807) is 7.11 Å². The molecule has 0 aliphatic heterocycles. The van der Waals surface area contributed by atoms with E-state index in [1.165, 1.54) is 0 Å². The number of para-hydroxylation sites is 2. The highest BCUT2D eigenvalue weighted by molar-refractivity contribution is 5.46. The van der Waals surface area contributed by atoms with Crippen molar-refractivity contribution in [3.05, 3.63) is 42.2 Å². The number of hydrogen-bond donors (Lipinski definition) is 1. The highest BCUT2D eigenvalue weighted by Crippen LogP contribution is 2.23. The van der Waals surface area contributed by atoms with E-state index in [-0.39, 0.29) is 5.41 Å². The van der Waals surface area contributed by atoms with Gasteiger partial charge in [-0.1, -0.05) is 26.0 Å². The van der Waals surface area contributed by atoms with E-state index < -0.39 is 0 Å². The molecule has 5 nitrogen and oxygen atoms in total. The molecule has 22 heavy (non-hydrogen) atoms. The Morgan fingerprint density at radius 2 is 2.00 bits per heavy atom. The summed E-state index contributed by atoms with van der Waals surface area (Å²) in [5.74, 6) is 0.817. The minimum absolute atomic E-state index is 0.101. The van der Waals surface area contributed by atoms with Gasteiger partial charge in [-0.05, 0) is 37.2 Å². The molecule has 0 aliphatic carbocycles. The molecule has 1 heterocycles. The first-order valence-electron chi connectivity index (χ1n) is 7.52. The van der Waals surface area contributed by atoms with Gasteiger partial charge >= 0.3 is 0 Å². The normalized spacial score (nSPS) is 11.9. The molecule has 0 atom stereocenters. The van der Waals surface area contributed by atoms with Gasteiger partial charge < -0.3 is 10.5 Å². The van der Waals surface area contributed by atoms with Crippen LogP contribution in [0.25, 0.3) is 5.69 Å². The Balaban J connectivity index is 2.20. The Bertz CT molecular complexity index is 606. The molecule has 1 aromatic heterocycles. The van der Waals surface area contributed by atoms with Gasteiger partial charge in [-0.3, -0.25) is 4.90 Å². The van der Waals surface area contributed by atoms with Gasteiger partial charge in [0.2, 0.25) is 0 Å². The molecule has 0 fully saturated rings. The summed E-state index contributed by atoms with van der Waals surface area (Å²) in [4.78, 5) is 2.27. The molecule has 0 saturated carbocycles. The van der Waals surface area contributed by atoms with Crippen molar-refractivity contribution in [2.75, 3.05) is 27.2 Å². The van der Waals surface area contributed by atoms with Crippen molar-refractivity contribution in [1.29, 1.82) is 0 Å². The van der Waals surface area contributed by atoms with E-state index in [4.69, 9.17) is 10.5 Å². The van der Waals surface area contributed by atoms with Gasteiger partial charge in [0.1, 0.15) is 11.4 Å². The second-order valence-corrected chi connectivity index (χ2v) is 6.45. The van der Waals surface area contributed by atoms with E-state index in [9.17, 15) is 0 Å². The average Bonchev–Trinajstić information content (AvgIpc) is 2.94. The molecule has 120 valence electrons. The highest BCUT2D eigenvalue weighted by Gasteiger charge is 2.19. The molecule has 1 aromatic carbocycles. The number of rotatable bonds is 7. The van der Waals surface area contributed by atoms with Crippen LogP contribution in [0.1, 0.15) is 19.5 Å². The number of nitrogens with zero attached hydrogens (tertiary/aromatic N) is 3. The summed E-state index contributed by atoms with van der Waals surface area (Å²) in [6, 6.07) is 9.95. The zero-order valence-corrected chi connectivity index (χ0v) is 13.9. The van der Waals surface area contributed by atoms with E-state index in [1.807, 2.05) is 41.2 Å². The van der Waals surface area contributed by atoms with Gasteiger partial charge in [-0.25, -0.2) is 4.68 Å². The lowest BCUT2D eigenvalue weighted by atomic mass is 9.93. The first-order chi connectivity index (χ1) is 10.5. The van der Waals surface area contributed by atoms with Crippen molar-refractivity contribution in [3.63, 3.8) is 0 Å². The van der Waals surface area contributed by atoms with Crippen molar-refractivity contribution in [2.24, 2.45) is 11.1 Å². The summed E-state index contributed by atoms with van der Waals surface area (Å²) < 4.78 is 7.37. The zero-order valence-electron chi connectivity index (χ0n) is 13.9. The van der Waals surface area contributed by atoms with Crippen molar-refractivity contribution in [3.8, 4) is 11.4 Å². The van der Waals surface area contributed by atoms with Gasteiger partial charge in [-0.15, -0.1) is 0 Å². The van der Waals surface area contributed by atoms with Crippen LogP contribution < -0.4 is 10.5 Å². The van der Waals surface area contributed by atoms with Crippen LogP contribution >= 0.6 is 0 Å². The number of aromatic nitrogens is 2. The molecule has 2 rings (SSSR count). The number of methoxy groups -OCH3 is 1. The summed E-state index contributed by atoms with van der Waals surface area (Å²) in [6.07, 6.45) is 1.82. The van der Waals surface area contributed by atoms with Crippen molar-refractivity contribution < 1.29 is 4.74 Å². The third-order valence-corrected chi connectivity index (χ3v) is 3.72. The lowest BCUT2D eigenvalue weighted by molar-refractivity contribution is 0.207. The molecule has 2 N–H and O–H groups in total. The third kappa shape index (κ3) is 3.87. The fourth-order valence-corrected chi connectivity index (χ4v) is 2.60. The molecule has 0 saturated heterocycles. The van der Waals surface area contributed by atoms with Crippen molar-refractivity contribution >= 4 is 0 Å². The first-order valence-corrected chi connectivity index (χ1v) is 7.52. The third-order valence-electron chi connectivity index (χ3n) is 3.72. The van der Waals surface area contributed by atoms with E-state index >= 15 is 0 Å². The molecular formula is C17H26N4O. The molecule has 0 amide bonds. The zero-order chi connectivity index (χ0) is 16.2. The van der Waals surface area contributed by atoms with Crippen LogP contribution in [0.4, 0.5) is 0 Å².